The first kappa shape index (κ1) is 15.9. The van der Waals surface area contributed by atoms with Crippen molar-refractivity contribution in [2.75, 3.05) is 26.2 Å². The highest BCUT2D eigenvalue weighted by atomic mass is 32.1. The number of carbonyl (C=O) groups is 1. The summed E-state index contributed by atoms with van der Waals surface area (Å²) in [7, 11) is 0. The molecular weight excluding hydrogens is 298 g/mol. The van der Waals surface area contributed by atoms with E-state index >= 15 is 0 Å². The van der Waals surface area contributed by atoms with E-state index in [-0.39, 0.29) is 11.8 Å². The molecule has 1 aromatic heterocycles. The van der Waals surface area contributed by atoms with Gasteiger partial charge in [-0.3, -0.25) is 9.69 Å². The molecular formula is C16H25N3O2S. The van der Waals surface area contributed by atoms with E-state index in [1.807, 2.05) is 0 Å². The zero-order valence-corrected chi connectivity index (χ0v) is 14.2. The molecule has 0 spiro atoms. The maximum atomic E-state index is 10.9. The van der Waals surface area contributed by atoms with Crippen LogP contribution in [0.15, 0.2) is 5.38 Å². The Bertz CT molecular complexity index is 545. The van der Waals surface area contributed by atoms with Crippen molar-refractivity contribution < 1.29 is 9.90 Å². The third kappa shape index (κ3) is 3.19. The Hall–Kier alpha value is -0.980. The van der Waals surface area contributed by atoms with Gasteiger partial charge in [-0.05, 0) is 24.8 Å². The predicted octanol–water partition coefficient (Wildman–Crippen LogP) is 2.15. The Kier molecular flexibility index (Phi) is 4.52. The summed E-state index contributed by atoms with van der Waals surface area (Å²) < 4.78 is 0. The summed E-state index contributed by atoms with van der Waals surface area (Å²) in [6.45, 7) is 9.28. The van der Waals surface area contributed by atoms with Crippen molar-refractivity contribution in [1.82, 2.24) is 15.2 Å². The summed E-state index contributed by atoms with van der Waals surface area (Å²) in [5, 5.41) is 15.8. The van der Waals surface area contributed by atoms with Crippen molar-refractivity contribution >= 4 is 17.3 Å². The molecule has 3 rings (SSSR count). The van der Waals surface area contributed by atoms with Crippen molar-refractivity contribution in [2.45, 2.75) is 39.2 Å². The highest BCUT2D eigenvalue weighted by Crippen LogP contribution is 2.43. The summed E-state index contributed by atoms with van der Waals surface area (Å²) >= 11 is 1.75. The van der Waals surface area contributed by atoms with E-state index < -0.39 is 5.97 Å². The average Bonchev–Trinajstić information content (AvgIpc) is 3.10. The van der Waals surface area contributed by atoms with Crippen molar-refractivity contribution in [3.05, 3.63) is 16.1 Å². The zero-order valence-electron chi connectivity index (χ0n) is 13.3. The number of aliphatic carboxylic acids is 1. The molecule has 2 fully saturated rings. The molecule has 0 aliphatic carbocycles. The van der Waals surface area contributed by atoms with Gasteiger partial charge in [0.15, 0.2) is 0 Å². The van der Waals surface area contributed by atoms with Gasteiger partial charge in [-0.25, -0.2) is 4.98 Å². The quantitative estimate of drug-likeness (QED) is 0.840. The van der Waals surface area contributed by atoms with Crippen LogP contribution in [-0.2, 0) is 11.3 Å². The topological polar surface area (TPSA) is 65.5 Å². The van der Waals surface area contributed by atoms with Gasteiger partial charge in [-0.2, -0.15) is 0 Å². The molecule has 2 unspecified atom stereocenters. The van der Waals surface area contributed by atoms with Gasteiger partial charge in [0.2, 0.25) is 0 Å². The normalized spacial score (nSPS) is 28.4. The maximum absolute atomic E-state index is 10.9. The Morgan fingerprint density at radius 1 is 1.64 bits per heavy atom. The van der Waals surface area contributed by atoms with E-state index in [1.54, 1.807) is 11.3 Å². The highest BCUT2D eigenvalue weighted by molar-refractivity contribution is 7.09. The number of hydrogen-bond donors (Lipinski definition) is 2. The highest BCUT2D eigenvalue weighted by Gasteiger charge is 2.49. The van der Waals surface area contributed by atoms with Gasteiger partial charge in [0.05, 0.1) is 12.2 Å². The maximum Gasteiger partial charge on any atom is 0.303 e. The van der Waals surface area contributed by atoms with E-state index in [1.165, 1.54) is 10.7 Å². The van der Waals surface area contributed by atoms with Crippen LogP contribution in [-0.4, -0.2) is 47.1 Å². The van der Waals surface area contributed by atoms with Gasteiger partial charge in [0, 0.05) is 36.9 Å². The number of carboxylic acids is 1. The number of likely N-dealkylation sites (tertiary alicyclic amines) is 1. The number of fused-ring (bicyclic) bond motifs is 1. The third-order valence-electron chi connectivity index (χ3n) is 5.11. The first-order valence-corrected chi connectivity index (χ1v) is 8.96. The predicted molar refractivity (Wildman–Crippen MR) is 87.1 cm³/mol. The number of nitrogens with one attached hydrogen (secondary N) is 1. The van der Waals surface area contributed by atoms with E-state index in [4.69, 9.17) is 10.1 Å². The van der Waals surface area contributed by atoms with Crippen LogP contribution in [0.25, 0.3) is 0 Å². The van der Waals surface area contributed by atoms with Crippen LogP contribution in [0.5, 0.6) is 0 Å². The number of rotatable bonds is 6. The molecule has 122 valence electrons. The fourth-order valence-corrected chi connectivity index (χ4v) is 4.82. The van der Waals surface area contributed by atoms with Crippen LogP contribution >= 0.6 is 11.3 Å². The van der Waals surface area contributed by atoms with Crippen molar-refractivity contribution in [2.24, 2.45) is 11.3 Å². The lowest BCUT2D eigenvalue weighted by molar-refractivity contribution is -0.137. The SMILES string of the molecule is CC(C)c1csc(CN2CC3CNCC3(CCC(=O)O)C2)n1. The Labute approximate surface area is 135 Å². The smallest absolute Gasteiger partial charge is 0.303 e. The Morgan fingerprint density at radius 3 is 3.14 bits per heavy atom. The number of nitrogens with zero attached hydrogens (tertiary/aromatic N) is 2. The van der Waals surface area contributed by atoms with Crippen LogP contribution < -0.4 is 5.32 Å². The minimum atomic E-state index is -0.681. The summed E-state index contributed by atoms with van der Waals surface area (Å²) in [6, 6.07) is 0. The monoisotopic (exact) mass is 323 g/mol. The summed E-state index contributed by atoms with van der Waals surface area (Å²) in [6.07, 6.45) is 1.06. The molecule has 6 heteroatoms. The molecule has 1 aromatic rings. The fraction of sp³-hybridized carbons (Fsp3) is 0.750. The molecule has 22 heavy (non-hydrogen) atoms. The molecule has 0 saturated carbocycles. The van der Waals surface area contributed by atoms with Crippen molar-refractivity contribution in [3.63, 3.8) is 0 Å². The molecule has 2 aliphatic rings. The molecule has 3 heterocycles. The van der Waals surface area contributed by atoms with Crippen LogP contribution in [0.1, 0.15) is 43.3 Å². The lowest BCUT2D eigenvalue weighted by Crippen LogP contribution is -2.33. The van der Waals surface area contributed by atoms with Gasteiger partial charge in [-0.1, -0.05) is 13.8 Å². The summed E-state index contributed by atoms with van der Waals surface area (Å²) in [5.74, 6) is 0.380. The zero-order chi connectivity index (χ0) is 15.7. The number of aromatic nitrogens is 1. The molecule has 0 radical (unpaired) electrons. The summed E-state index contributed by atoms with van der Waals surface area (Å²) in [4.78, 5) is 18.1. The largest absolute Gasteiger partial charge is 0.481 e. The number of carboxylic acid groups (broad SMARTS) is 1. The van der Waals surface area contributed by atoms with Crippen LogP contribution in [0.4, 0.5) is 0 Å². The second-order valence-electron chi connectivity index (χ2n) is 7.07. The lowest BCUT2D eigenvalue weighted by atomic mass is 9.77. The minimum absolute atomic E-state index is 0.149. The Morgan fingerprint density at radius 2 is 2.45 bits per heavy atom. The fourth-order valence-electron chi connectivity index (χ4n) is 3.82. The lowest BCUT2D eigenvalue weighted by Gasteiger charge is -2.27. The van der Waals surface area contributed by atoms with Crippen molar-refractivity contribution in [3.8, 4) is 0 Å². The number of hydrogen-bond acceptors (Lipinski definition) is 5. The molecule has 2 aliphatic heterocycles. The van der Waals surface area contributed by atoms with E-state index in [9.17, 15) is 4.79 Å². The van der Waals surface area contributed by atoms with E-state index in [2.05, 4.69) is 29.4 Å². The second-order valence-corrected chi connectivity index (χ2v) is 8.02. The van der Waals surface area contributed by atoms with Gasteiger partial charge >= 0.3 is 5.97 Å². The van der Waals surface area contributed by atoms with Gasteiger partial charge < -0.3 is 10.4 Å². The standard InChI is InChI=1S/C16H25N3O2S/c1-11(2)13-8-22-14(18-13)7-19-6-12-5-17-9-16(12,10-19)4-3-15(20)21/h8,11-12,17H,3-7,9-10H2,1-2H3,(H,20,21). The Balaban J connectivity index is 1.63. The average molecular weight is 323 g/mol. The van der Waals surface area contributed by atoms with Crippen LogP contribution in [0.2, 0.25) is 0 Å². The summed E-state index contributed by atoms with van der Waals surface area (Å²) in [5.41, 5.74) is 1.33. The van der Waals surface area contributed by atoms with Crippen molar-refractivity contribution in [1.29, 1.82) is 0 Å². The van der Waals surface area contributed by atoms with E-state index in [0.717, 1.165) is 39.1 Å². The molecule has 0 amide bonds. The molecule has 5 nitrogen and oxygen atoms in total. The number of thiazole rings is 1. The van der Waals surface area contributed by atoms with Crippen LogP contribution in [0.3, 0.4) is 0 Å². The molecule has 2 saturated heterocycles. The minimum Gasteiger partial charge on any atom is -0.481 e. The van der Waals surface area contributed by atoms with Gasteiger partial charge in [0.1, 0.15) is 5.01 Å². The molecule has 2 N–H and O–H groups in total. The van der Waals surface area contributed by atoms with Gasteiger partial charge in [0.25, 0.3) is 0 Å². The molecule has 0 aromatic carbocycles. The molecule has 0 bridgehead atoms. The van der Waals surface area contributed by atoms with Crippen LogP contribution in [0, 0.1) is 11.3 Å². The first-order chi connectivity index (χ1) is 10.5. The van der Waals surface area contributed by atoms with E-state index in [0.29, 0.717) is 11.8 Å². The first-order valence-electron chi connectivity index (χ1n) is 8.08. The third-order valence-corrected chi connectivity index (χ3v) is 5.96. The second kappa shape index (κ2) is 6.26. The molecule has 2 atom stereocenters. The van der Waals surface area contributed by atoms with Gasteiger partial charge in [-0.15, -0.1) is 11.3 Å².